The second-order valence-corrected chi connectivity index (χ2v) is 6.80. The second kappa shape index (κ2) is 6.45. The van der Waals surface area contributed by atoms with Crippen molar-refractivity contribution in [3.05, 3.63) is 28.2 Å². The maximum Gasteiger partial charge on any atom is 0.305 e. The zero-order valence-electron chi connectivity index (χ0n) is 10.1. The molecule has 1 N–H and O–H groups in total. The van der Waals surface area contributed by atoms with Crippen molar-refractivity contribution in [1.29, 1.82) is 0 Å². The molecule has 0 fully saturated rings. The zero-order chi connectivity index (χ0) is 14.6. The minimum absolute atomic E-state index is 0.142. The lowest BCUT2D eigenvalue weighted by Gasteiger charge is -2.23. The summed E-state index contributed by atoms with van der Waals surface area (Å²) in [5, 5.41) is 9.26. The Hall–Kier alpha value is -0.980. The average molecular weight is 326 g/mol. The minimum atomic E-state index is -3.59. The average Bonchev–Trinajstić information content (AvgIpc) is 2.27. The van der Waals surface area contributed by atoms with Crippen molar-refractivity contribution >= 4 is 44.9 Å². The van der Waals surface area contributed by atoms with Gasteiger partial charge in [-0.15, -0.1) is 0 Å². The Morgan fingerprint density at radius 1 is 1.26 bits per heavy atom. The summed E-state index contributed by atoms with van der Waals surface area (Å²) in [6.07, 6.45) is -0.302. The van der Waals surface area contributed by atoms with Crippen LogP contribution in [-0.2, 0) is 14.8 Å². The van der Waals surface area contributed by atoms with Crippen molar-refractivity contribution in [3.63, 3.8) is 0 Å². The molecule has 0 saturated carbocycles. The van der Waals surface area contributed by atoms with E-state index < -0.39 is 16.0 Å². The van der Waals surface area contributed by atoms with Gasteiger partial charge in [0.2, 0.25) is 10.0 Å². The van der Waals surface area contributed by atoms with Crippen LogP contribution in [0.15, 0.2) is 18.2 Å². The largest absolute Gasteiger partial charge is 0.481 e. The number of anilines is 1. The molecule has 0 atom stereocenters. The maximum absolute atomic E-state index is 12.0. The fraction of sp³-hybridized carbons (Fsp3) is 0.364. The number of nitrogens with zero attached hydrogens (tertiary/aromatic N) is 1. The first kappa shape index (κ1) is 16.1. The molecule has 106 valence electrons. The van der Waals surface area contributed by atoms with Gasteiger partial charge < -0.3 is 5.11 Å². The number of hydrogen-bond donors (Lipinski definition) is 1. The molecule has 0 spiro atoms. The Kier molecular flexibility index (Phi) is 5.46. The fourth-order valence-corrected chi connectivity index (χ4v) is 3.09. The lowest BCUT2D eigenvalue weighted by Crippen LogP contribution is -2.34. The van der Waals surface area contributed by atoms with E-state index in [4.69, 9.17) is 28.3 Å². The van der Waals surface area contributed by atoms with Crippen molar-refractivity contribution in [3.8, 4) is 0 Å². The van der Waals surface area contributed by atoms with Gasteiger partial charge in [0.15, 0.2) is 0 Å². The molecule has 1 aromatic rings. The van der Waals surface area contributed by atoms with Gasteiger partial charge >= 0.3 is 5.97 Å². The molecule has 19 heavy (non-hydrogen) atoms. The summed E-state index contributed by atoms with van der Waals surface area (Å²) in [7, 11) is -3.59. The van der Waals surface area contributed by atoms with E-state index in [0.717, 1.165) is 4.31 Å². The highest BCUT2D eigenvalue weighted by molar-refractivity contribution is 7.92. The van der Waals surface area contributed by atoms with Crippen LogP contribution >= 0.6 is 23.2 Å². The van der Waals surface area contributed by atoms with Crippen LogP contribution in [0.25, 0.3) is 0 Å². The van der Waals surface area contributed by atoms with Gasteiger partial charge in [-0.3, -0.25) is 9.10 Å². The van der Waals surface area contributed by atoms with E-state index in [1.165, 1.54) is 25.1 Å². The van der Waals surface area contributed by atoms with Crippen LogP contribution in [0, 0.1) is 0 Å². The van der Waals surface area contributed by atoms with E-state index >= 15 is 0 Å². The first-order valence-corrected chi connectivity index (χ1v) is 7.81. The zero-order valence-corrected chi connectivity index (χ0v) is 12.5. The standard InChI is InChI=1S/C11H13Cl2NO4S/c1-2-19(17,18)14(4-3-11(15)16)10-6-8(12)5-9(13)7-10/h5-7H,2-4H2,1H3,(H,15,16). The lowest BCUT2D eigenvalue weighted by molar-refractivity contribution is -0.136. The van der Waals surface area contributed by atoms with E-state index in [1.54, 1.807) is 0 Å². The Morgan fingerprint density at radius 2 is 1.79 bits per heavy atom. The monoisotopic (exact) mass is 325 g/mol. The Labute approximate surface area is 121 Å². The molecule has 1 aromatic carbocycles. The third kappa shape index (κ3) is 4.56. The van der Waals surface area contributed by atoms with Gasteiger partial charge in [0.25, 0.3) is 0 Å². The number of rotatable bonds is 6. The van der Waals surface area contributed by atoms with Crippen molar-refractivity contribution in [2.45, 2.75) is 13.3 Å². The van der Waals surface area contributed by atoms with Crippen LogP contribution in [0.2, 0.25) is 10.0 Å². The van der Waals surface area contributed by atoms with Crippen molar-refractivity contribution in [1.82, 2.24) is 0 Å². The Bertz CT molecular complexity index is 554. The van der Waals surface area contributed by atoms with E-state index in [2.05, 4.69) is 0 Å². The highest BCUT2D eigenvalue weighted by Gasteiger charge is 2.22. The van der Waals surface area contributed by atoms with Crippen LogP contribution < -0.4 is 4.31 Å². The highest BCUT2D eigenvalue weighted by atomic mass is 35.5. The first-order valence-electron chi connectivity index (χ1n) is 5.44. The Balaban J connectivity index is 3.19. The number of aliphatic carboxylic acids is 1. The first-order chi connectivity index (χ1) is 8.76. The van der Waals surface area contributed by atoms with Gasteiger partial charge in [0.1, 0.15) is 0 Å². The normalized spacial score (nSPS) is 11.3. The van der Waals surface area contributed by atoms with E-state index in [9.17, 15) is 13.2 Å². The van der Waals surface area contributed by atoms with Gasteiger partial charge in [0, 0.05) is 16.6 Å². The highest BCUT2D eigenvalue weighted by Crippen LogP contribution is 2.27. The maximum atomic E-state index is 12.0. The molecule has 8 heteroatoms. The smallest absolute Gasteiger partial charge is 0.305 e. The number of benzene rings is 1. The molecule has 0 unspecified atom stereocenters. The van der Waals surface area contributed by atoms with Crippen LogP contribution in [0.1, 0.15) is 13.3 Å². The predicted molar refractivity (Wildman–Crippen MR) is 75.5 cm³/mol. The third-order valence-corrected chi connectivity index (χ3v) is 4.60. The number of hydrogen-bond acceptors (Lipinski definition) is 3. The molecular formula is C11H13Cl2NO4S. The molecule has 0 amide bonds. The summed E-state index contributed by atoms with van der Waals surface area (Å²) in [4.78, 5) is 10.6. The van der Waals surface area contributed by atoms with E-state index in [-0.39, 0.29) is 34.5 Å². The van der Waals surface area contributed by atoms with E-state index in [1.807, 2.05) is 0 Å². The third-order valence-electron chi connectivity index (χ3n) is 2.36. The number of carboxylic acid groups (broad SMARTS) is 1. The van der Waals surface area contributed by atoms with Crippen LogP contribution in [0.4, 0.5) is 5.69 Å². The fourth-order valence-electron chi connectivity index (χ4n) is 1.47. The van der Waals surface area contributed by atoms with Gasteiger partial charge in [-0.1, -0.05) is 23.2 Å². The molecule has 0 bridgehead atoms. The van der Waals surface area contributed by atoms with Crippen LogP contribution in [0.3, 0.4) is 0 Å². The van der Waals surface area contributed by atoms with E-state index in [0.29, 0.717) is 0 Å². The van der Waals surface area contributed by atoms with Crippen molar-refractivity contribution in [2.24, 2.45) is 0 Å². The summed E-state index contributed by atoms with van der Waals surface area (Å²) < 4.78 is 25.0. The number of sulfonamides is 1. The number of halogens is 2. The molecule has 0 aliphatic carbocycles. The molecular weight excluding hydrogens is 313 g/mol. The number of carbonyl (C=O) groups is 1. The van der Waals surface area contributed by atoms with Gasteiger partial charge in [-0.25, -0.2) is 8.42 Å². The van der Waals surface area contributed by atoms with Crippen molar-refractivity contribution in [2.75, 3.05) is 16.6 Å². The minimum Gasteiger partial charge on any atom is -0.481 e. The van der Waals surface area contributed by atoms with Crippen LogP contribution in [-0.4, -0.2) is 31.8 Å². The lowest BCUT2D eigenvalue weighted by atomic mass is 10.3. The quantitative estimate of drug-likeness (QED) is 0.872. The van der Waals surface area contributed by atoms with Crippen LogP contribution in [0.5, 0.6) is 0 Å². The molecule has 0 aliphatic rings. The summed E-state index contributed by atoms with van der Waals surface area (Å²) in [5.74, 6) is -1.22. The molecule has 0 aliphatic heterocycles. The predicted octanol–water partition coefficient (Wildman–Crippen LogP) is 2.62. The summed E-state index contributed by atoms with van der Waals surface area (Å²) in [6, 6.07) is 4.34. The molecule has 0 heterocycles. The molecule has 5 nitrogen and oxygen atoms in total. The van der Waals surface area contributed by atoms with Crippen molar-refractivity contribution < 1.29 is 18.3 Å². The van der Waals surface area contributed by atoms with Gasteiger partial charge in [-0.05, 0) is 25.1 Å². The summed E-state index contributed by atoms with van der Waals surface area (Å²) in [6.45, 7) is 1.32. The molecule has 0 radical (unpaired) electrons. The Morgan fingerprint density at radius 3 is 2.21 bits per heavy atom. The SMILES string of the molecule is CCS(=O)(=O)N(CCC(=O)O)c1cc(Cl)cc(Cl)c1. The molecule has 1 rings (SSSR count). The molecule has 0 aromatic heterocycles. The van der Waals surface area contributed by atoms with Gasteiger partial charge in [0.05, 0.1) is 17.9 Å². The summed E-state index contributed by atoms with van der Waals surface area (Å²) >= 11 is 11.7. The van der Waals surface area contributed by atoms with Gasteiger partial charge in [-0.2, -0.15) is 0 Å². The number of carboxylic acids is 1. The topological polar surface area (TPSA) is 74.7 Å². The second-order valence-electron chi connectivity index (χ2n) is 3.74. The molecule has 0 saturated heterocycles. The summed E-state index contributed by atoms with van der Waals surface area (Å²) in [5.41, 5.74) is 0.264.